The van der Waals surface area contributed by atoms with Crippen LogP contribution in [0.15, 0.2) is 23.3 Å². The molecule has 0 fully saturated rings. The van der Waals surface area contributed by atoms with E-state index >= 15 is 0 Å². The molecule has 0 saturated carbocycles. The highest BCUT2D eigenvalue weighted by Gasteiger charge is 2.22. The maximum absolute atomic E-state index is 12.0. The molecule has 0 radical (unpaired) electrons. The molecule has 2 N–H and O–H groups in total. The highest BCUT2D eigenvalue weighted by atomic mass is 16.5. The van der Waals surface area contributed by atoms with Gasteiger partial charge in [-0.05, 0) is 13.0 Å². The molecule has 130 valence electrons. The molecule has 10 nitrogen and oxygen atoms in total. The minimum atomic E-state index is -0.613. The first-order chi connectivity index (χ1) is 12.0. The van der Waals surface area contributed by atoms with Gasteiger partial charge >= 0.3 is 5.97 Å². The van der Waals surface area contributed by atoms with Crippen LogP contribution >= 0.6 is 0 Å². The molecule has 3 rings (SSSR count). The molecule has 10 heteroatoms. The molecule has 0 aromatic carbocycles. The minimum absolute atomic E-state index is 0.135. The number of aromatic amines is 1. The fraction of sp³-hybridized carbons (Fsp3) is 0.267. The Morgan fingerprint density at radius 2 is 2.12 bits per heavy atom. The number of pyridine rings is 1. The summed E-state index contributed by atoms with van der Waals surface area (Å²) in [4.78, 5) is 32.4. The quantitative estimate of drug-likeness (QED) is 0.644. The van der Waals surface area contributed by atoms with Crippen molar-refractivity contribution < 1.29 is 14.3 Å². The summed E-state index contributed by atoms with van der Waals surface area (Å²) in [6.45, 7) is 2.16. The van der Waals surface area contributed by atoms with E-state index in [1.54, 1.807) is 13.2 Å². The van der Waals surface area contributed by atoms with E-state index < -0.39 is 11.5 Å². The van der Waals surface area contributed by atoms with Gasteiger partial charge in [-0.2, -0.15) is 5.10 Å². The number of nitrogens with one attached hydrogen (secondary N) is 2. The number of fused-ring (bicyclic) bond motifs is 1. The van der Waals surface area contributed by atoms with Crippen LogP contribution in [0.4, 0.5) is 5.95 Å². The van der Waals surface area contributed by atoms with E-state index in [0.29, 0.717) is 18.2 Å². The van der Waals surface area contributed by atoms with E-state index in [1.807, 2.05) is 6.92 Å². The first-order valence-electron chi connectivity index (χ1n) is 7.31. The Hall–Kier alpha value is -3.27. The molecular weight excluding hydrogens is 328 g/mol. The van der Waals surface area contributed by atoms with Crippen molar-refractivity contribution in [1.29, 1.82) is 0 Å². The molecule has 3 heterocycles. The van der Waals surface area contributed by atoms with E-state index in [-0.39, 0.29) is 16.8 Å². The third-order valence-corrected chi connectivity index (χ3v) is 3.39. The van der Waals surface area contributed by atoms with Crippen molar-refractivity contribution >= 4 is 11.9 Å². The average molecular weight is 344 g/mol. The Bertz CT molecular complexity index is 948. The molecule has 2 aliphatic rings. The summed E-state index contributed by atoms with van der Waals surface area (Å²) in [6.07, 6.45) is 2.95. The van der Waals surface area contributed by atoms with Gasteiger partial charge in [0.1, 0.15) is 11.3 Å². The lowest BCUT2D eigenvalue weighted by Gasteiger charge is -2.13. The number of ether oxygens (including phenoxy) is 2. The van der Waals surface area contributed by atoms with Crippen molar-refractivity contribution in [1.82, 2.24) is 24.8 Å². The predicted molar refractivity (Wildman–Crippen MR) is 87.3 cm³/mol. The fourth-order valence-corrected chi connectivity index (χ4v) is 2.38. The third-order valence-electron chi connectivity index (χ3n) is 3.39. The molecule has 1 aromatic heterocycles. The maximum Gasteiger partial charge on any atom is 0.341 e. The Kier molecular flexibility index (Phi) is 4.44. The fourth-order valence-electron chi connectivity index (χ4n) is 2.38. The molecule has 0 bridgehead atoms. The largest absolute Gasteiger partial charge is 0.465 e. The van der Waals surface area contributed by atoms with Gasteiger partial charge in [0.15, 0.2) is 0 Å². The van der Waals surface area contributed by atoms with E-state index in [2.05, 4.69) is 25.6 Å². The first-order valence-corrected chi connectivity index (χ1v) is 7.31. The summed E-state index contributed by atoms with van der Waals surface area (Å²) >= 11 is 0. The Morgan fingerprint density at radius 3 is 2.84 bits per heavy atom. The molecular formula is C15H16N6O4. The molecule has 0 aliphatic carbocycles. The number of methoxy groups -OCH3 is 2. The van der Waals surface area contributed by atoms with Crippen LogP contribution < -0.4 is 11.0 Å². The number of hydrogen-bond acceptors (Lipinski definition) is 8. The van der Waals surface area contributed by atoms with Crippen LogP contribution in [0.1, 0.15) is 21.7 Å². The number of nitrogens with zero attached hydrogens (tertiary/aromatic N) is 4. The Balaban J connectivity index is 2.04. The monoisotopic (exact) mass is 344 g/mol. The summed E-state index contributed by atoms with van der Waals surface area (Å²) in [7, 11) is 2.83. The lowest BCUT2D eigenvalue weighted by molar-refractivity contribution is 0.0600. The minimum Gasteiger partial charge on any atom is -0.465 e. The number of rotatable bonds is 5. The van der Waals surface area contributed by atoms with Crippen molar-refractivity contribution in [3.63, 3.8) is 0 Å². The highest BCUT2D eigenvalue weighted by Crippen LogP contribution is 2.20. The molecule has 0 amide bonds. The number of carbonyl (C=O) groups is 1. The van der Waals surface area contributed by atoms with Crippen LogP contribution in [-0.4, -0.2) is 45.0 Å². The van der Waals surface area contributed by atoms with E-state index in [1.165, 1.54) is 24.2 Å². The van der Waals surface area contributed by atoms with Crippen LogP contribution in [0.2, 0.25) is 0 Å². The van der Waals surface area contributed by atoms with Gasteiger partial charge in [0.25, 0.3) is 5.56 Å². The first kappa shape index (κ1) is 16.6. The summed E-state index contributed by atoms with van der Waals surface area (Å²) in [5.74, 6) is -0.318. The number of aryl methyl sites for hydroxylation is 1. The van der Waals surface area contributed by atoms with Gasteiger partial charge in [-0.25, -0.2) is 19.9 Å². The molecule has 1 aromatic rings. The highest BCUT2D eigenvalue weighted by molar-refractivity contribution is 5.96. The van der Waals surface area contributed by atoms with Crippen molar-refractivity contribution in [2.24, 2.45) is 0 Å². The molecule has 0 spiro atoms. The van der Waals surface area contributed by atoms with Crippen molar-refractivity contribution in [3.05, 3.63) is 45.8 Å². The van der Waals surface area contributed by atoms with Gasteiger partial charge < -0.3 is 9.47 Å². The zero-order chi connectivity index (χ0) is 18.0. The van der Waals surface area contributed by atoms with Crippen molar-refractivity contribution in [3.8, 4) is 11.3 Å². The summed E-state index contributed by atoms with van der Waals surface area (Å²) in [5, 5.41) is 6.18. The van der Waals surface area contributed by atoms with Gasteiger partial charge in [-0.15, -0.1) is 0 Å². The lowest BCUT2D eigenvalue weighted by atomic mass is 10.1. The van der Waals surface area contributed by atoms with Crippen LogP contribution in [0.5, 0.6) is 0 Å². The topological polar surface area (TPSA) is 124 Å². The molecule has 0 atom stereocenters. The predicted octanol–water partition coefficient (Wildman–Crippen LogP) is 0.583. The number of aromatic nitrogens is 5. The SMILES string of the molecule is COCc1cc(C)nc(Nn2cc(C(=O)OC)c3n[nH]c(=O)c-3c2)n1. The molecule has 25 heavy (non-hydrogen) atoms. The molecule has 0 unspecified atom stereocenters. The lowest BCUT2D eigenvalue weighted by Crippen LogP contribution is -2.18. The Labute approximate surface area is 142 Å². The van der Waals surface area contributed by atoms with Gasteiger partial charge in [0.2, 0.25) is 5.95 Å². The van der Waals surface area contributed by atoms with Gasteiger partial charge in [0, 0.05) is 25.2 Å². The number of hydrogen-bond donors (Lipinski definition) is 2. The maximum atomic E-state index is 12.0. The molecule has 2 aliphatic heterocycles. The normalized spacial score (nSPS) is 10.8. The van der Waals surface area contributed by atoms with Crippen LogP contribution in [-0.2, 0) is 16.1 Å². The van der Waals surface area contributed by atoms with E-state index in [9.17, 15) is 9.59 Å². The number of carbonyl (C=O) groups excluding carboxylic acids is 1. The third kappa shape index (κ3) is 3.33. The van der Waals surface area contributed by atoms with Crippen LogP contribution in [0.25, 0.3) is 11.3 Å². The summed E-state index contributed by atoms with van der Waals surface area (Å²) in [5.41, 5.74) is 4.55. The average Bonchev–Trinajstić information content (AvgIpc) is 2.94. The van der Waals surface area contributed by atoms with Crippen LogP contribution in [0, 0.1) is 6.92 Å². The number of H-pyrrole nitrogens is 1. The standard InChI is InChI=1S/C15H16N6O4/c1-8-4-9(7-24-2)17-15(16-8)20-21-5-10-12(18-19-13(10)22)11(6-21)14(23)25-3/h4-6H,7H2,1-3H3,(H,19,22)(H,16,17,20). The van der Waals surface area contributed by atoms with Crippen LogP contribution in [0.3, 0.4) is 0 Å². The van der Waals surface area contributed by atoms with Crippen molar-refractivity contribution in [2.75, 3.05) is 19.6 Å². The summed E-state index contributed by atoms with van der Waals surface area (Å²) < 4.78 is 11.2. The van der Waals surface area contributed by atoms with E-state index in [4.69, 9.17) is 9.47 Å². The number of anilines is 1. The Morgan fingerprint density at radius 1 is 1.32 bits per heavy atom. The van der Waals surface area contributed by atoms with Gasteiger partial charge in [-0.3, -0.25) is 14.9 Å². The second-order valence-electron chi connectivity index (χ2n) is 5.25. The molecule has 0 saturated heterocycles. The van der Waals surface area contributed by atoms with Gasteiger partial charge in [0.05, 0.1) is 25.0 Å². The zero-order valence-electron chi connectivity index (χ0n) is 13.9. The van der Waals surface area contributed by atoms with E-state index in [0.717, 1.165) is 5.69 Å². The zero-order valence-corrected chi connectivity index (χ0v) is 13.9. The summed E-state index contributed by atoms with van der Waals surface area (Å²) in [6, 6.07) is 1.80. The van der Waals surface area contributed by atoms with Crippen molar-refractivity contribution in [2.45, 2.75) is 13.5 Å². The second kappa shape index (κ2) is 6.69. The smallest absolute Gasteiger partial charge is 0.341 e. The number of esters is 1. The van der Waals surface area contributed by atoms with Gasteiger partial charge in [-0.1, -0.05) is 0 Å². The second-order valence-corrected chi connectivity index (χ2v) is 5.25.